The van der Waals surface area contributed by atoms with Gasteiger partial charge in [-0.2, -0.15) is 0 Å². The van der Waals surface area contributed by atoms with Crippen molar-refractivity contribution in [1.82, 2.24) is 14.3 Å². The van der Waals surface area contributed by atoms with Crippen molar-refractivity contribution >= 4 is 17.4 Å². The van der Waals surface area contributed by atoms with Crippen LogP contribution in [0.4, 0.5) is 5.82 Å². The lowest BCUT2D eigenvalue weighted by molar-refractivity contribution is 0.410. The number of aromatic nitrogens is 3. The van der Waals surface area contributed by atoms with E-state index in [0.717, 1.165) is 9.25 Å². The quantitative estimate of drug-likeness (QED) is 0.902. The normalized spacial score (nSPS) is 10.5. The highest BCUT2D eigenvalue weighted by Crippen LogP contribution is 2.26. The highest BCUT2D eigenvalue weighted by Gasteiger charge is 2.11. The molecular weight excluding hydrogens is 296 g/mol. The smallest absolute Gasteiger partial charge is 0.346 e. The Kier molecular flexibility index (Phi) is 4.32. The Labute approximate surface area is 125 Å². The average molecular weight is 311 g/mol. The van der Waals surface area contributed by atoms with Crippen LogP contribution in [0.25, 0.3) is 0 Å². The summed E-state index contributed by atoms with van der Waals surface area (Å²) in [5, 5.41) is 7.31. The fourth-order valence-electron chi connectivity index (χ4n) is 1.88. The van der Waals surface area contributed by atoms with Crippen molar-refractivity contribution in [3.63, 3.8) is 0 Å². The molecule has 21 heavy (non-hydrogen) atoms. The first kappa shape index (κ1) is 15.1. The Bertz CT molecular complexity index is 782. The maximum atomic E-state index is 12.0. The zero-order chi connectivity index (χ0) is 15.6. The first-order chi connectivity index (χ1) is 9.95. The van der Waals surface area contributed by atoms with Crippen LogP contribution < -0.4 is 21.3 Å². The molecule has 0 unspecified atom stereocenters. The van der Waals surface area contributed by atoms with Crippen molar-refractivity contribution in [2.45, 2.75) is 6.54 Å². The van der Waals surface area contributed by atoms with Crippen molar-refractivity contribution in [3.05, 3.63) is 49.6 Å². The molecule has 2 rings (SSSR count). The van der Waals surface area contributed by atoms with Gasteiger partial charge in [-0.25, -0.2) is 9.48 Å². The van der Waals surface area contributed by atoms with Gasteiger partial charge >= 0.3 is 5.69 Å². The average Bonchev–Trinajstić information content (AvgIpc) is 2.48. The maximum Gasteiger partial charge on any atom is 0.346 e. The number of hydrogen-bond donors (Lipinski definition) is 1. The second-order valence-electron chi connectivity index (χ2n) is 4.39. The Balaban J connectivity index is 2.34. The molecule has 1 heterocycles. The molecule has 0 bridgehead atoms. The summed E-state index contributed by atoms with van der Waals surface area (Å²) in [6.45, 7) is 0.253. The van der Waals surface area contributed by atoms with E-state index in [-0.39, 0.29) is 12.4 Å². The summed E-state index contributed by atoms with van der Waals surface area (Å²) in [5.74, 6) is 0.679. The summed E-state index contributed by atoms with van der Waals surface area (Å²) in [7, 11) is 4.41. The summed E-state index contributed by atoms with van der Waals surface area (Å²) in [4.78, 5) is 23.5. The number of hydrogen-bond acceptors (Lipinski definition) is 5. The number of anilines is 1. The SMILES string of the molecule is COc1cccc(Cl)c1CNc1nn(C)c(=O)n(C)c1=O. The third-order valence-electron chi connectivity index (χ3n) is 3.05. The van der Waals surface area contributed by atoms with Gasteiger partial charge in [0.15, 0.2) is 0 Å². The molecule has 0 aliphatic carbocycles. The van der Waals surface area contributed by atoms with Crippen LogP contribution >= 0.6 is 11.6 Å². The summed E-state index contributed by atoms with van der Waals surface area (Å²) < 4.78 is 7.30. The number of rotatable bonds is 4. The van der Waals surface area contributed by atoms with Gasteiger partial charge in [-0.1, -0.05) is 17.7 Å². The molecule has 0 fully saturated rings. The van der Waals surface area contributed by atoms with Gasteiger partial charge < -0.3 is 10.1 Å². The van der Waals surface area contributed by atoms with Gasteiger partial charge in [-0.05, 0) is 12.1 Å². The molecule has 1 aromatic heterocycles. The Morgan fingerprint density at radius 3 is 2.71 bits per heavy atom. The highest BCUT2D eigenvalue weighted by molar-refractivity contribution is 6.31. The van der Waals surface area contributed by atoms with E-state index in [9.17, 15) is 9.59 Å². The number of halogens is 1. The van der Waals surface area contributed by atoms with E-state index < -0.39 is 11.2 Å². The Morgan fingerprint density at radius 2 is 2.05 bits per heavy atom. The molecular formula is C13H15ClN4O3. The van der Waals surface area contributed by atoms with Crippen molar-refractivity contribution in [1.29, 1.82) is 0 Å². The standard InChI is InChI=1S/C13H15ClN4O3/c1-17-12(19)11(16-18(2)13(17)20)15-7-8-9(14)5-4-6-10(8)21-3/h4-6H,7H2,1-3H3,(H,15,16). The van der Waals surface area contributed by atoms with E-state index in [1.807, 2.05) is 0 Å². The van der Waals surface area contributed by atoms with E-state index >= 15 is 0 Å². The molecule has 112 valence electrons. The van der Waals surface area contributed by atoms with Crippen molar-refractivity contribution in [2.24, 2.45) is 14.1 Å². The van der Waals surface area contributed by atoms with E-state index in [0.29, 0.717) is 16.3 Å². The topological polar surface area (TPSA) is 78.2 Å². The molecule has 0 spiro atoms. The molecule has 7 nitrogen and oxygen atoms in total. The lowest BCUT2D eigenvalue weighted by Gasteiger charge is -2.12. The third-order valence-corrected chi connectivity index (χ3v) is 3.40. The Morgan fingerprint density at radius 1 is 1.33 bits per heavy atom. The monoisotopic (exact) mass is 310 g/mol. The van der Waals surface area contributed by atoms with E-state index in [1.165, 1.54) is 14.1 Å². The van der Waals surface area contributed by atoms with Crippen molar-refractivity contribution < 1.29 is 4.74 Å². The zero-order valence-corrected chi connectivity index (χ0v) is 12.6. The highest BCUT2D eigenvalue weighted by atomic mass is 35.5. The van der Waals surface area contributed by atoms with Crippen LogP contribution in [0.1, 0.15) is 5.56 Å². The minimum atomic E-state index is -0.496. The van der Waals surface area contributed by atoms with E-state index in [4.69, 9.17) is 16.3 Å². The second-order valence-corrected chi connectivity index (χ2v) is 4.80. The molecule has 1 N–H and O–H groups in total. The molecule has 0 aliphatic rings. The predicted octanol–water partition coefficient (Wildman–Crippen LogP) is 0.753. The first-order valence-electron chi connectivity index (χ1n) is 6.15. The number of nitrogens with zero attached hydrogens (tertiary/aromatic N) is 3. The van der Waals surface area contributed by atoms with Gasteiger partial charge in [0.2, 0.25) is 5.82 Å². The van der Waals surface area contributed by atoms with Crippen LogP contribution in [0.2, 0.25) is 5.02 Å². The maximum absolute atomic E-state index is 12.0. The van der Waals surface area contributed by atoms with Crippen LogP contribution in [0.15, 0.2) is 27.8 Å². The minimum Gasteiger partial charge on any atom is -0.496 e. The van der Waals surface area contributed by atoms with Crippen LogP contribution in [0.3, 0.4) is 0 Å². The van der Waals surface area contributed by atoms with Crippen LogP contribution in [-0.4, -0.2) is 21.5 Å². The minimum absolute atomic E-state index is 0.0709. The first-order valence-corrected chi connectivity index (χ1v) is 6.53. The number of ether oxygens (including phenoxy) is 1. The third kappa shape index (κ3) is 2.92. The van der Waals surface area contributed by atoms with Gasteiger partial charge in [0.1, 0.15) is 5.75 Å². The van der Waals surface area contributed by atoms with Crippen LogP contribution in [0, 0.1) is 0 Å². The second kappa shape index (κ2) is 6.01. The molecule has 0 radical (unpaired) electrons. The lowest BCUT2D eigenvalue weighted by atomic mass is 10.2. The summed E-state index contributed by atoms with van der Waals surface area (Å²) in [5.41, 5.74) is -0.274. The molecule has 0 amide bonds. The van der Waals surface area contributed by atoms with Crippen LogP contribution in [-0.2, 0) is 20.6 Å². The Hall–Kier alpha value is -2.28. The van der Waals surface area contributed by atoms with Gasteiger partial charge in [0, 0.05) is 31.2 Å². The zero-order valence-electron chi connectivity index (χ0n) is 11.9. The summed E-state index contributed by atoms with van der Waals surface area (Å²) in [6.07, 6.45) is 0. The van der Waals surface area contributed by atoms with E-state index in [1.54, 1.807) is 25.3 Å². The van der Waals surface area contributed by atoms with Gasteiger partial charge in [0.05, 0.1) is 7.11 Å². The number of benzene rings is 1. The van der Waals surface area contributed by atoms with Crippen molar-refractivity contribution in [3.8, 4) is 5.75 Å². The summed E-state index contributed by atoms with van der Waals surface area (Å²) in [6, 6.07) is 5.27. The molecule has 1 aromatic carbocycles. The fraction of sp³-hybridized carbons (Fsp3) is 0.308. The number of aryl methyl sites for hydroxylation is 1. The van der Waals surface area contributed by atoms with Gasteiger partial charge in [-0.3, -0.25) is 9.36 Å². The molecule has 2 aromatic rings. The molecule has 0 saturated carbocycles. The number of methoxy groups -OCH3 is 1. The largest absolute Gasteiger partial charge is 0.496 e. The lowest BCUT2D eigenvalue weighted by Crippen LogP contribution is -2.39. The van der Waals surface area contributed by atoms with E-state index in [2.05, 4.69) is 10.4 Å². The number of nitrogens with one attached hydrogen (secondary N) is 1. The predicted molar refractivity (Wildman–Crippen MR) is 80.0 cm³/mol. The van der Waals surface area contributed by atoms with Crippen LogP contribution in [0.5, 0.6) is 5.75 Å². The molecule has 0 saturated heterocycles. The van der Waals surface area contributed by atoms with Gasteiger partial charge in [0.25, 0.3) is 5.56 Å². The molecule has 0 atom stereocenters. The van der Waals surface area contributed by atoms with Crippen molar-refractivity contribution in [2.75, 3.05) is 12.4 Å². The molecule has 8 heteroatoms. The fourth-order valence-corrected chi connectivity index (χ4v) is 2.12. The molecule has 0 aliphatic heterocycles. The summed E-state index contributed by atoms with van der Waals surface area (Å²) >= 11 is 6.12. The van der Waals surface area contributed by atoms with Gasteiger partial charge in [-0.15, -0.1) is 5.10 Å².